The molecule has 1 amide bonds. The van der Waals surface area contributed by atoms with Crippen molar-refractivity contribution in [3.63, 3.8) is 0 Å². The van der Waals surface area contributed by atoms with Crippen LogP contribution in [0.15, 0.2) is 24.3 Å². The van der Waals surface area contributed by atoms with Crippen molar-refractivity contribution in [2.24, 2.45) is 0 Å². The molecule has 0 bridgehead atoms. The van der Waals surface area contributed by atoms with Crippen LogP contribution in [0.1, 0.15) is 24.8 Å². The number of nitrogens with zero attached hydrogens (tertiary/aromatic N) is 1. The van der Waals surface area contributed by atoms with Crippen LogP contribution in [0.5, 0.6) is 0 Å². The van der Waals surface area contributed by atoms with Gasteiger partial charge in [0.1, 0.15) is 6.04 Å². The Labute approximate surface area is 117 Å². The van der Waals surface area contributed by atoms with Gasteiger partial charge in [0.05, 0.1) is 0 Å². The molecule has 1 heterocycles. The topological polar surface area (TPSA) is 57.6 Å². The molecule has 102 valence electrons. The minimum absolute atomic E-state index is 0.0835. The number of likely N-dealkylation sites (tertiary alicyclic amines) is 1. The van der Waals surface area contributed by atoms with Crippen LogP contribution >= 0.6 is 11.6 Å². The first-order valence-corrected chi connectivity index (χ1v) is 6.72. The Morgan fingerprint density at radius 1 is 1.32 bits per heavy atom. The molecule has 1 aliphatic rings. The van der Waals surface area contributed by atoms with E-state index in [4.69, 9.17) is 16.7 Å². The summed E-state index contributed by atoms with van der Waals surface area (Å²) in [6, 6.07) is 6.70. The maximum Gasteiger partial charge on any atom is 0.326 e. The second-order valence-electron chi connectivity index (χ2n) is 4.71. The number of carboxylic acids is 1. The van der Waals surface area contributed by atoms with Crippen LogP contribution in [0.4, 0.5) is 0 Å². The third kappa shape index (κ3) is 3.47. The van der Waals surface area contributed by atoms with E-state index in [1.165, 1.54) is 4.90 Å². The first kappa shape index (κ1) is 13.9. The summed E-state index contributed by atoms with van der Waals surface area (Å²) < 4.78 is 0. The Kier molecular flexibility index (Phi) is 4.43. The summed E-state index contributed by atoms with van der Waals surface area (Å²) in [5.74, 6) is -0.989. The molecule has 4 nitrogen and oxygen atoms in total. The van der Waals surface area contributed by atoms with E-state index in [0.29, 0.717) is 30.8 Å². The molecule has 0 aliphatic carbocycles. The Morgan fingerprint density at radius 2 is 2.00 bits per heavy atom. The lowest BCUT2D eigenvalue weighted by Gasteiger charge is -2.21. The van der Waals surface area contributed by atoms with Crippen LogP contribution in [0, 0.1) is 0 Å². The van der Waals surface area contributed by atoms with Crippen LogP contribution in [-0.4, -0.2) is 34.5 Å². The summed E-state index contributed by atoms with van der Waals surface area (Å²) in [6.07, 6.45) is 2.27. The Morgan fingerprint density at radius 3 is 2.63 bits per heavy atom. The summed E-state index contributed by atoms with van der Waals surface area (Å²) in [6.45, 7) is 0.552. The van der Waals surface area contributed by atoms with Gasteiger partial charge in [-0.15, -0.1) is 0 Å². The number of amides is 1. The molecule has 1 fully saturated rings. The van der Waals surface area contributed by atoms with Crippen molar-refractivity contribution in [3.05, 3.63) is 34.9 Å². The second-order valence-corrected chi connectivity index (χ2v) is 5.15. The lowest BCUT2D eigenvalue weighted by molar-refractivity contribution is -0.148. The van der Waals surface area contributed by atoms with Gasteiger partial charge in [-0.3, -0.25) is 4.79 Å². The molecule has 1 aliphatic heterocycles. The first-order valence-electron chi connectivity index (χ1n) is 6.34. The molecule has 2 rings (SSSR count). The van der Waals surface area contributed by atoms with Crippen molar-refractivity contribution >= 4 is 23.5 Å². The number of hydrogen-bond donors (Lipinski definition) is 1. The number of hydrogen-bond acceptors (Lipinski definition) is 2. The highest BCUT2D eigenvalue weighted by molar-refractivity contribution is 6.30. The summed E-state index contributed by atoms with van der Waals surface area (Å²) in [4.78, 5) is 24.5. The van der Waals surface area contributed by atoms with Crippen molar-refractivity contribution in [1.29, 1.82) is 0 Å². The third-order valence-electron chi connectivity index (χ3n) is 3.40. The fourth-order valence-electron chi connectivity index (χ4n) is 2.37. The van der Waals surface area contributed by atoms with Crippen LogP contribution < -0.4 is 0 Å². The number of aliphatic carboxylic acids is 1. The van der Waals surface area contributed by atoms with E-state index in [1.807, 2.05) is 12.1 Å². The van der Waals surface area contributed by atoms with Gasteiger partial charge in [-0.2, -0.15) is 0 Å². The minimum atomic E-state index is -0.905. The summed E-state index contributed by atoms with van der Waals surface area (Å²) >= 11 is 5.79. The molecular weight excluding hydrogens is 266 g/mol. The van der Waals surface area contributed by atoms with Gasteiger partial charge in [0.2, 0.25) is 5.91 Å². The number of aryl methyl sites for hydroxylation is 1. The number of carbonyl (C=O) groups is 2. The van der Waals surface area contributed by atoms with Gasteiger partial charge >= 0.3 is 5.97 Å². The molecule has 19 heavy (non-hydrogen) atoms. The van der Waals surface area contributed by atoms with E-state index >= 15 is 0 Å². The maximum atomic E-state index is 12.0. The SMILES string of the molecule is O=C(O)[C@@H]1CCCN1C(=O)CCc1ccc(Cl)cc1. The monoisotopic (exact) mass is 281 g/mol. The number of benzene rings is 1. The molecule has 0 spiro atoms. The molecule has 1 N–H and O–H groups in total. The smallest absolute Gasteiger partial charge is 0.326 e. The molecule has 1 atom stereocenters. The standard InChI is InChI=1S/C14H16ClNO3/c15-11-6-3-10(4-7-11)5-8-13(17)16-9-1-2-12(16)14(18)19/h3-4,6-7,12H,1-2,5,8-9H2,(H,18,19)/t12-/m0/s1. The summed E-state index contributed by atoms with van der Waals surface area (Å²) in [5, 5.41) is 9.71. The van der Waals surface area contributed by atoms with E-state index in [1.54, 1.807) is 12.1 Å². The van der Waals surface area contributed by atoms with Crippen molar-refractivity contribution in [1.82, 2.24) is 4.90 Å². The molecule has 0 radical (unpaired) electrons. The van der Waals surface area contributed by atoms with E-state index in [0.717, 1.165) is 12.0 Å². The highest BCUT2D eigenvalue weighted by atomic mass is 35.5. The van der Waals surface area contributed by atoms with E-state index in [2.05, 4.69) is 0 Å². The Hall–Kier alpha value is -1.55. The van der Waals surface area contributed by atoms with Crippen molar-refractivity contribution in [3.8, 4) is 0 Å². The van der Waals surface area contributed by atoms with Crippen molar-refractivity contribution < 1.29 is 14.7 Å². The van der Waals surface area contributed by atoms with Crippen molar-refractivity contribution in [2.45, 2.75) is 31.7 Å². The maximum absolute atomic E-state index is 12.0. The Bertz CT molecular complexity index is 472. The van der Waals surface area contributed by atoms with Gasteiger partial charge < -0.3 is 10.0 Å². The zero-order valence-electron chi connectivity index (χ0n) is 10.5. The molecule has 1 saturated heterocycles. The van der Waals surface area contributed by atoms with Crippen LogP contribution in [0.3, 0.4) is 0 Å². The molecule has 1 aromatic carbocycles. The molecular formula is C14H16ClNO3. The van der Waals surface area contributed by atoms with Crippen LogP contribution in [0.25, 0.3) is 0 Å². The minimum Gasteiger partial charge on any atom is -0.480 e. The van der Waals surface area contributed by atoms with Gasteiger partial charge in [-0.1, -0.05) is 23.7 Å². The summed E-state index contributed by atoms with van der Waals surface area (Å²) in [5.41, 5.74) is 1.03. The fraction of sp³-hybridized carbons (Fsp3) is 0.429. The highest BCUT2D eigenvalue weighted by Crippen LogP contribution is 2.19. The largest absolute Gasteiger partial charge is 0.480 e. The van der Waals surface area contributed by atoms with Gasteiger partial charge in [-0.05, 0) is 37.0 Å². The average Bonchev–Trinajstić information content (AvgIpc) is 2.87. The predicted octanol–water partition coefficient (Wildman–Crippen LogP) is 2.35. The summed E-state index contributed by atoms with van der Waals surface area (Å²) in [7, 11) is 0. The van der Waals surface area contributed by atoms with E-state index in [9.17, 15) is 9.59 Å². The molecule has 0 aromatic heterocycles. The molecule has 1 aromatic rings. The normalized spacial score (nSPS) is 18.6. The van der Waals surface area contributed by atoms with E-state index < -0.39 is 12.0 Å². The average molecular weight is 282 g/mol. The van der Waals surface area contributed by atoms with Gasteiger partial charge in [0, 0.05) is 18.0 Å². The third-order valence-corrected chi connectivity index (χ3v) is 3.65. The number of halogens is 1. The molecule has 0 saturated carbocycles. The number of carbonyl (C=O) groups excluding carboxylic acids is 1. The molecule has 0 unspecified atom stereocenters. The highest BCUT2D eigenvalue weighted by Gasteiger charge is 2.33. The second kappa shape index (κ2) is 6.06. The van der Waals surface area contributed by atoms with Gasteiger partial charge in [0.25, 0.3) is 0 Å². The quantitative estimate of drug-likeness (QED) is 0.922. The number of carboxylic acid groups (broad SMARTS) is 1. The van der Waals surface area contributed by atoms with Gasteiger partial charge in [-0.25, -0.2) is 4.79 Å². The first-order chi connectivity index (χ1) is 9.08. The zero-order chi connectivity index (χ0) is 13.8. The van der Waals surface area contributed by atoms with Crippen molar-refractivity contribution in [2.75, 3.05) is 6.54 Å². The van der Waals surface area contributed by atoms with E-state index in [-0.39, 0.29) is 5.91 Å². The lowest BCUT2D eigenvalue weighted by atomic mass is 10.1. The number of rotatable bonds is 4. The molecule has 5 heteroatoms. The fourth-order valence-corrected chi connectivity index (χ4v) is 2.49. The predicted molar refractivity (Wildman–Crippen MR) is 72.1 cm³/mol. The Balaban J connectivity index is 1.90. The van der Waals surface area contributed by atoms with Crippen LogP contribution in [0.2, 0.25) is 5.02 Å². The lowest BCUT2D eigenvalue weighted by Crippen LogP contribution is -2.40. The van der Waals surface area contributed by atoms with Crippen LogP contribution in [-0.2, 0) is 16.0 Å². The zero-order valence-corrected chi connectivity index (χ0v) is 11.3. The van der Waals surface area contributed by atoms with Gasteiger partial charge in [0.15, 0.2) is 0 Å².